The molecule has 90 valence electrons. The van der Waals surface area contributed by atoms with E-state index in [1.54, 1.807) is 30.1 Å². The molecule has 3 nitrogen and oxygen atoms in total. The van der Waals surface area contributed by atoms with E-state index in [4.69, 9.17) is 5.73 Å². The van der Waals surface area contributed by atoms with E-state index >= 15 is 0 Å². The second kappa shape index (κ2) is 5.33. The van der Waals surface area contributed by atoms with E-state index in [9.17, 15) is 4.39 Å². The zero-order valence-corrected chi connectivity index (χ0v) is 10.3. The van der Waals surface area contributed by atoms with Crippen molar-refractivity contribution in [3.8, 4) is 0 Å². The lowest BCUT2D eigenvalue weighted by Gasteiger charge is -2.11. The number of hydrogen-bond donors (Lipinski definition) is 1. The predicted octanol–water partition coefficient (Wildman–Crippen LogP) is 2.35. The molecule has 0 radical (unpaired) electrons. The molecule has 5 heteroatoms. The van der Waals surface area contributed by atoms with Crippen molar-refractivity contribution in [3.63, 3.8) is 0 Å². The third-order valence-corrected chi connectivity index (χ3v) is 3.56. The Morgan fingerprint density at radius 1 is 1.41 bits per heavy atom. The maximum absolute atomic E-state index is 12.7. The molecular weight excluding hydrogens is 237 g/mol. The van der Waals surface area contributed by atoms with Crippen LogP contribution in [0.25, 0.3) is 0 Å². The van der Waals surface area contributed by atoms with Gasteiger partial charge in [-0.05, 0) is 24.3 Å². The number of benzene rings is 1. The van der Waals surface area contributed by atoms with Crippen molar-refractivity contribution < 1.29 is 4.39 Å². The standard InChI is InChI=1S/C12H14FN3S/c1-16-7-6-15-12(16)11(14)8-17-10-4-2-9(13)3-5-10/h2-7,11H,8,14H2,1H3. The maximum atomic E-state index is 12.7. The second-order valence-corrected chi connectivity index (χ2v) is 4.86. The minimum atomic E-state index is -0.220. The lowest BCUT2D eigenvalue weighted by Crippen LogP contribution is -2.17. The molecule has 1 heterocycles. The highest BCUT2D eigenvalue weighted by Crippen LogP contribution is 2.22. The molecule has 0 amide bonds. The molecule has 0 spiro atoms. The highest BCUT2D eigenvalue weighted by atomic mass is 32.2. The topological polar surface area (TPSA) is 43.8 Å². The average Bonchev–Trinajstić information content (AvgIpc) is 2.74. The van der Waals surface area contributed by atoms with Crippen LogP contribution in [0.1, 0.15) is 11.9 Å². The molecule has 0 fully saturated rings. The summed E-state index contributed by atoms with van der Waals surface area (Å²) in [6.07, 6.45) is 3.61. The number of aryl methyl sites for hydroxylation is 1. The smallest absolute Gasteiger partial charge is 0.126 e. The van der Waals surface area contributed by atoms with Gasteiger partial charge in [-0.25, -0.2) is 9.37 Å². The molecule has 17 heavy (non-hydrogen) atoms. The quantitative estimate of drug-likeness (QED) is 0.848. The van der Waals surface area contributed by atoms with Crippen LogP contribution in [0.2, 0.25) is 0 Å². The monoisotopic (exact) mass is 251 g/mol. The minimum Gasteiger partial charge on any atom is -0.337 e. The average molecular weight is 251 g/mol. The first-order chi connectivity index (χ1) is 8.16. The largest absolute Gasteiger partial charge is 0.337 e. The zero-order chi connectivity index (χ0) is 12.3. The number of nitrogens with zero attached hydrogens (tertiary/aromatic N) is 2. The van der Waals surface area contributed by atoms with Crippen LogP contribution in [0, 0.1) is 5.82 Å². The van der Waals surface area contributed by atoms with Gasteiger partial charge in [-0.2, -0.15) is 0 Å². The number of rotatable bonds is 4. The maximum Gasteiger partial charge on any atom is 0.126 e. The number of imidazole rings is 1. The molecular formula is C12H14FN3S. The summed E-state index contributed by atoms with van der Waals surface area (Å²) in [6, 6.07) is 6.30. The summed E-state index contributed by atoms with van der Waals surface area (Å²) in [5.74, 6) is 1.36. The van der Waals surface area contributed by atoms with Crippen LogP contribution < -0.4 is 5.73 Å². The molecule has 1 aromatic carbocycles. The van der Waals surface area contributed by atoms with E-state index in [0.717, 1.165) is 16.5 Å². The van der Waals surface area contributed by atoms with Crippen molar-refractivity contribution in [3.05, 3.63) is 48.3 Å². The summed E-state index contributed by atoms with van der Waals surface area (Å²) in [6.45, 7) is 0. The molecule has 1 aromatic heterocycles. The van der Waals surface area contributed by atoms with E-state index < -0.39 is 0 Å². The third-order valence-electron chi connectivity index (χ3n) is 2.43. The van der Waals surface area contributed by atoms with Gasteiger partial charge in [0.15, 0.2) is 0 Å². The minimum absolute atomic E-state index is 0.120. The molecule has 2 rings (SSSR count). The normalized spacial score (nSPS) is 12.6. The number of hydrogen-bond acceptors (Lipinski definition) is 3. The van der Waals surface area contributed by atoms with Gasteiger partial charge in [0, 0.05) is 30.1 Å². The Bertz CT molecular complexity index is 481. The summed E-state index contributed by atoms with van der Waals surface area (Å²) in [5.41, 5.74) is 6.04. The Labute approximate surface area is 104 Å². The van der Waals surface area contributed by atoms with Gasteiger partial charge in [0.05, 0.1) is 6.04 Å². The molecule has 0 aliphatic carbocycles. The van der Waals surface area contributed by atoms with Crippen molar-refractivity contribution in [1.82, 2.24) is 9.55 Å². The van der Waals surface area contributed by atoms with Crippen LogP contribution in [0.3, 0.4) is 0 Å². The fraction of sp³-hybridized carbons (Fsp3) is 0.250. The predicted molar refractivity (Wildman–Crippen MR) is 67.3 cm³/mol. The van der Waals surface area contributed by atoms with Gasteiger partial charge >= 0.3 is 0 Å². The SMILES string of the molecule is Cn1ccnc1C(N)CSc1ccc(F)cc1. The van der Waals surface area contributed by atoms with Crippen LogP contribution in [0.5, 0.6) is 0 Å². The summed E-state index contributed by atoms with van der Waals surface area (Å²) in [5, 5.41) is 0. The lowest BCUT2D eigenvalue weighted by molar-refractivity contribution is 0.626. The first kappa shape index (κ1) is 12.1. The molecule has 0 saturated carbocycles. The van der Waals surface area contributed by atoms with E-state index in [1.165, 1.54) is 12.1 Å². The van der Waals surface area contributed by atoms with Crippen LogP contribution in [0.15, 0.2) is 41.6 Å². The van der Waals surface area contributed by atoms with E-state index in [1.807, 2.05) is 17.8 Å². The Kier molecular flexibility index (Phi) is 3.81. The fourth-order valence-corrected chi connectivity index (χ4v) is 2.38. The summed E-state index contributed by atoms with van der Waals surface area (Å²) in [4.78, 5) is 5.22. The molecule has 2 N–H and O–H groups in total. The van der Waals surface area contributed by atoms with E-state index in [2.05, 4.69) is 4.98 Å². The van der Waals surface area contributed by atoms with E-state index in [0.29, 0.717) is 0 Å². The van der Waals surface area contributed by atoms with Crippen LogP contribution >= 0.6 is 11.8 Å². The summed E-state index contributed by atoms with van der Waals surface area (Å²) in [7, 11) is 1.92. The van der Waals surface area contributed by atoms with Gasteiger partial charge in [0.2, 0.25) is 0 Å². The van der Waals surface area contributed by atoms with Crippen molar-refractivity contribution in [1.29, 1.82) is 0 Å². The highest BCUT2D eigenvalue weighted by molar-refractivity contribution is 7.99. The van der Waals surface area contributed by atoms with Gasteiger partial charge < -0.3 is 10.3 Å². The Morgan fingerprint density at radius 3 is 2.71 bits per heavy atom. The molecule has 0 aliphatic heterocycles. The van der Waals surface area contributed by atoms with Crippen LogP contribution in [0.4, 0.5) is 4.39 Å². The highest BCUT2D eigenvalue weighted by Gasteiger charge is 2.10. The molecule has 0 aliphatic rings. The number of nitrogens with two attached hydrogens (primary N) is 1. The van der Waals surface area contributed by atoms with Gasteiger partial charge in [0.1, 0.15) is 11.6 Å². The van der Waals surface area contributed by atoms with Crippen LogP contribution in [-0.4, -0.2) is 15.3 Å². The Morgan fingerprint density at radius 2 is 2.12 bits per heavy atom. The number of thioether (sulfide) groups is 1. The number of halogens is 1. The first-order valence-corrected chi connectivity index (χ1v) is 6.26. The third kappa shape index (κ3) is 3.08. The zero-order valence-electron chi connectivity index (χ0n) is 9.51. The molecule has 1 atom stereocenters. The molecule has 1 unspecified atom stereocenters. The second-order valence-electron chi connectivity index (χ2n) is 3.77. The fourth-order valence-electron chi connectivity index (χ4n) is 1.53. The molecule has 2 aromatic rings. The first-order valence-electron chi connectivity index (χ1n) is 5.28. The van der Waals surface area contributed by atoms with Gasteiger partial charge in [-0.3, -0.25) is 0 Å². The van der Waals surface area contributed by atoms with Gasteiger partial charge in [0.25, 0.3) is 0 Å². The lowest BCUT2D eigenvalue weighted by atomic mass is 10.3. The molecule has 0 bridgehead atoms. The number of aromatic nitrogens is 2. The van der Waals surface area contributed by atoms with Crippen molar-refractivity contribution in [2.45, 2.75) is 10.9 Å². The van der Waals surface area contributed by atoms with Crippen molar-refractivity contribution >= 4 is 11.8 Å². The van der Waals surface area contributed by atoms with Gasteiger partial charge in [-0.15, -0.1) is 11.8 Å². The summed E-state index contributed by atoms with van der Waals surface area (Å²) >= 11 is 1.60. The van der Waals surface area contributed by atoms with Gasteiger partial charge in [-0.1, -0.05) is 0 Å². The Balaban J connectivity index is 1.94. The van der Waals surface area contributed by atoms with Crippen LogP contribution in [-0.2, 0) is 7.05 Å². The van der Waals surface area contributed by atoms with Crippen molar-refractivity contribution in [2.75, 3.05) is 5.75 Å². The molecule has 0 saturated heterocycles. The Hall–Kier alpha value is -1.33. The summed E-state index contributed by atoms with van der Waals surface area (Å²) < 4.78 is 14.6. The van der Waals surface area contributed by atoms with Crippen molar-refractivity contribution in [2.24, 2.45) is 12.8 Å². The van der Waals surface area contributed by atoms with E-state index in [-0.39, 0.29) is 11.9 Å².